The SMILES string of the molecule is CCCNC1CCC(C(C)C)CC1OCCOC(C)(C)C. The second-order valence-corrected chi connectivity index (χ2v) is 7.75. The van der Waals surface area contributed by atoms with Crippen LogP contribution in [0.2, 0.25) is 0 Å². The molecule has 0 aromatic carbocycles. The van der Waals surface area contributed by atoms with E-state index in [1.165, 1.54) is 25.7 Å². The molecule has 3 heteroatoms. The molecule has 1 fully saturated rings. The van der Waals surface area contributed by atoms with Crippen LogP contribution in [0.3, 0.4) is 0 Å². The molecule has 3 nitrogen and oxygen atoms in total. The molecule has 3 unspecified atom stereocenters. The summed E-state index contributed by atoms with van der Waals surface area (Å²) < 4.78 is 11.9. The summed E-state index contributed by atoms with van der Waals surface area (Å²) in [5.41, 5.74) is -0.0732. The Morgan fingerprint density at radius 2 is 1.86 bits per heavy atom. The van der Waals surface area contributed by atoms with E-state index in [-0.39, 0.29) is 5.60 Å². The van der Waals surface area contributed by atoms with E-state index in [0.717, 1.165) is 18.4 Å². The Hall–Kier alpha value is -0.120. The Morgan fingerprint density at radius 1 is 1.14 bits per heavy atom. The first kappa shape index (κ1) is 18.9. The molecule has 0 amide bonds. The summed E-state index contributed by atoms with van der Waals surface area (Å²) in [5, 5.41) is 3.67. The van der Waals surface area contributed by atoms with Gasteiger partial charge in [0, 0.05) is 6.04 Å². The fourth-order valence-corrected chi connectivity index (χ4v) is 3.06. The standard InChI is InChI=1S/C18H37NO2/c1-7-10-19-16-9-8-15(14(2)3)13-17(16)20-11-12-21-18(4,5)6/h14-17,19H,7-13H2,1-6H3. The molecule has 0 aromatic heterocycles. The van der Waals surface area contributed by atoms with Crippen LogP contribution in [0.4, 0.5) is 0 Å². The van der Waals surface area contributed by atoms with Gasteiger partial charge in [-0.1, -0.05) is 20.8 Å². The fraction of sp³-hybridized carbons (Fsp3) is 1.00. The number of rotatable bonds is 8. The molecule has 0 heterocycles. The first-order chi connectivity index (χ1) is 9.83. The molecule has 0 saturated heterocycles. The number of hydrogen-bond acceptors (Lipinski definition) is 3. The van der Waals surface area contributed by atoms with E-state index in [4.69, 9.17) is 9.47 Å². The van der Waals surface area contributed by atoms with E-state index in [0.29, 0.717) is 25.4 Å². The lowest BCUT2D eigenvalue weighted by atomic mass is 9.78. The highest BCUT2D eigenvalue weighted by Gasteiger charge is 2.32. The van der Waals surface area contributed by atoms with E-state index in [1.807, 2.05) is 0 Å². The molecule has 3 atom stereocenters. The van der Waals surface area contributed by atoms with Crippen molar-refractivity contribution in [2.45, 2.75) is 85.0 Å². The van der Waals surface area contributed by atoms with E-state index in [1.54, 1.807) is 0 Å². The van der Waals surface area contributed by atoms with E-state index in [9.17, 15) is 0 Å². The molecule has 126 valence electrons. The van der Waals surface area contributed by atoms with Gasteiger partial charge < -0.3 is 14.8 Å². The average Bonchev–Trinajstić information content (AvgIpc) is 2.40. The largest absolute Gasteiger partial charge is 0.374 e. The summed E-state index contributed by atoms with van der Waals surface area (Å²) in [6.07, 6.45) is 5.30. The minimum Gasteiger partial charge on any atom is -0.374 e. The second kappa shape index (κ2) is 9.12. The fourth-order valence-electron chi connectivity index (χ4n) is 3.06. The molecule has 1 aliphatic carbocycles. The van der Waals surface area contributed by atoms with E-state index >= 15 is 0 Å². The van der Waals surface area contributed by atoms with Crippen LogP contribution in [0, 0.1) is 11.8 Å². The monoisotopic (exact) mass is 299 g/mol. The van der Waals surface area contributed by atoms with Crippen LogP contribution in [0.5, 0.6) is 0 Å². The van der Waals surface area contributed by atoms with Crippen LogP contribution in [0.25, 0.3) is 0 Å². The summed E-state index contributed by atoms with van der Waals surface area (Å²) in [6, 6.07) is 0.523. The number of hydrogen-bond donors (Lipinski definition) is 1. The van der Waals surface area contributed by atoms with Crippen molar-refractivity contribution in [3.8, 4) is 0 Å². The zero-order valence-electron chi connectivity index (χ0n) is 15.1. The third kappa shape index (κ3) is 7.62. The van der Waals surface area contributed by atoms with Gasteiger partial charge in [-0.05, 0) is 64.8 Å². The minimum absolute atomic E-state index is 0.0732. The molecule has 1 aliphatic rings. The van der Waals surface area contributed by atoms with Gasteiger partial charge in [-0.15, -0.1) is 0 Å². The van der Waals surface area contributed by atoms with Crippen molar-refractivity contribution < 1.29 is 9.47 Å². The lowest BCUT2D eigenvalue weighted by Crippen LogP contribution is -2.47. The predicted molar refractivity (Wildman–Crippen MR) is 89.7 cm³/mol. The summed E-state index contributed by atoms with van der Waals surface area (Å²) in [5.74, 6) is 1.56. The Bertz CT molecular complexity index is 273. The molecule has 21 heavy (non-hydrogen) atoms. The molecule has 0 aliphatic heterocycles. The van der Waals surface area contributed by atoms with Gasteiger partial charge in [0.2, 0.25) is 0 Å². The molecule has 1 N–H and O–H groups in total. The van der Waals surface area contributed by atoms with E-state index < -0.39 is 0 Å². The molecule has 0 spiro atoms. The zero-order chi connectivity index (χ0) is 15.9. The lowest BCUT2D eigenvalue weighted by Gasteiger charge is -2.38. The molecular weight excluding hydrogens is 262 g/mol. The predicted octanol–water partition coefficient (Wildman–Crippen LogP) is 4.01. The maximum Gasteiger partial charge on any atom is 0.0731 e. The molecule has 1 saturated carbocycles. The van der Waals surface area contributed by atoms with Gasteiger partial charge in [0.05, 0.1) is 24.9 Å². The number of ether oxygens (including phenoxy) is 2. The summed E-state index contributed by atoms with van der Waals surface area (Å²) in [6.45, 7) is 15.7. The highest BCUT2D eigenvalue weighted by Crippen LogP contribution is 2.31. The van der Waals surface area contributed by atoms with Gasteiger partial charge in [0.1, 0.15) is 0 Å². The highest BCUT2D eigenvalue weighted by atomic mass is 16.5. The van der Waals surface area contributed by atoms with Crippen LogP contribution in [-0.4, -0.2) is 37.5 Å². The van der Waals surface area contributed by atoms with Crippen LogP contribution in [0.15, 0.2) is 0 Å². The van der Waals surface area contributed by atoms with Crippen LogP contribution < -0.4 is 5.32 Å². The number of nitrogens with one attached hydrogen (secondary N) is 1. The summed E-state index contributed by atoms with van der Waals surface area (Å²) in [4.78, 5) is 0. The van der Waals surface area contributed by atoms with Crippen molar-refractivity contribution in [1.82, 2.24) is 5.32 Å². The topological polar surface area (TPSA) is 30.5 Å². The summed E-state index contributed by atoms with van der Waals surface area (Å²) >= 11 is 0. The molecule has 0 bridgehead atoms. The van der Waals surface area contributed by atoms with Crippen molar-refractivity contribution in [1.29, 1.82) is 0 Å². The maximum absolute atomic E-state index is 6.18. The minimum atomic E-state index is -0.0732. The Balaban J connectivity index is 2.41. The highest BCUT2D eigenvalue weighted by molar-refractivity contribution is 4.86. The Labute approximate surface area is 132 Å². The van der Waals surface area contributed by atoms with Crippen molar-refractivity contribution in [2.75, 3.05) is 19.8 Å². The van der Waals surface area contributed by atoms with Gasteiger partial charge in [-0.3, -0.25) is 0 Å². The maximum atomic E-state index is 6.18. The zero-order valence-corrected chi connectivity index (χ0v) is 15.1. The van der Waals surface area contributed by atoms with Crippen molar-refractivity contribution in [2.24, 2.45) is 11.8 Å². The first-order valence-electron chi connectivity index (χ1n) is 8.82. The third-order valence-corrected chi connectivity index (χ3v) is 4.38. The summed E-state index contributed by atoms with van der Waals surface area (Å²) in [7, 11) is 0. The molecular formula is C18H37NO2. The van der Waals surface area contributed by atoms with Gasteiger partial charge in [-0.2, -0.15) is 0 Å². The van der Waals surface area contributed by atoms with Crippen molar-refractivity contribution in [3.05, 3.63) is 0 Å². The Kier molecular flexibility index (Phi) is 8.22. The van der Waals surface area contributed by atoms with Crippen molar-refractivity contribution >= 4 is 0 Å². The quantitative estimate of drug-likeness (QED) is 0.687. The van der Waals surface area contributed by atoms with E-state index in [2.05, 4.69) is 46.9 Å². The van der Waals surface area contributed by atoms with Crippen LogP contribution in [0.1, 0.15) is 67.2 Å². The Morgan fingerprint density at radius 3 is 2.43 bits per heavy atom. The average molecular weight is 299 g/mol. The van der Waals surface area contributed by atoms with Crippen LogP contribution >= 0.6 is 0 Å². The smallest absolute Gasteiger partial charge is 0.0731 e. The van der Waals surface area contributed by atoms with Gasteiger partial charge in [0.25, 0.3) is 0 Å². The van der Waals surface area contributed by atoms with Gasteiger partial charge in [0.15, 0.2) is 0 Å². The van der Waals surface area contributed by atoms with Crippen molar-refractivity contribution in [3.63, 3.8) is 0 Å². The second-order valence-electron chi connectivity index (χ2n) is 7.75. The lowest BCUT2D eigenvalue weighted by molar-refractivity contribution is -0.0720. The molecule has 1 rings (SSSR count). The van der Waals surface area contributed by atoms with Gasteiger partial charge >= 0.3 is 0 Å². The first-order valence-corrected chi connectivity index (χ1v) is 8.82. The third-order valence-electron chi connectivity index (χ3n) is 4.38. The van der Waals surface area contributed by atoms with Crippen LogP contribution in [-0.2, 0) is 9.47 Å². The molecule has 0 aromatic rings. The molecule has 0 radical (unpaired) electrons. The van der Waals surface area contributed by atoms with Gasteiger partial charge in [-0.25, -0.2) is 0 Å². The normalized spacial score (nSPS) is 27.3.